The second kappa shape index (κ2) is 10.7. The first-order valence-electron chi connectivity index (χ1n) is 8.05. The molecule has 0 unspecified atom stereocenters. The minimum atomic E-state index is -0.473. The summed E-state index contributed by atoms with van der Waals surface area (Å²) in [6.45, 7) is 18.7. The summed E-state index contributed by atoms with van der Waals surface area (Å²) in [7, 11) is 0. The molecule has 0 fully saturated rings. The van der Waals surface area contributed by atoms with E-state index in [1.54, 1.807) is 6.08 Å². The molecule has 4 nitrogen and oxygen atoms in total. The predicted octanol–water partition coefficient (Wildman–Crippen LogP) is 4.47. The van der Waals surface area contributed by atoms with Gasteiger partial charge in [0.2, 0.25) is 0 Å². The zero-order chi connectivity index (χ0) is 17.9. The van der Waals surface area contributed by atoms with E-state index in [9.17, 15) is 4.79 Å². The van der Waals surface area contributed by atoms with Crippen LogP contribution in [-0.2, 0) is 4.74 Å². The van der Waals surface area contributed by atoms with Gasteiger partial charge in [0.15, 0.2) is 0 Å². The van der Waals surface area contributed by atoms with E-state index in [-0.39, 0.29) is 0 Å². The number of carbonyl (C=O) groups is 1. The molecule has 0 atom stereocenters. The van der Waals surface area contributed by atoms with Gasteiger partial charge < -0.3 is 15.4 Å². The maximum atomic E-state index is 11.5. The van der Waals surface area contributed by atoms with Crippen molar-refractivity contribution in [2.45, 2.75) is 53.1 Å². The highest BCUT2D eigenvalue weighted by Gasteiger charge is 2.15. The van der Waals surface area contributed by atoms with Crippen LogP contribution in [0.1, 0.15) is 47.5 Å². The maximum Gasteiger partial charge on any atom is 0.407 e. The smallest absolute Gasteiger partial charge is 0.407 e. The molecular weight excluding hydrogens is 288 g/mol. The maximum absolute atomic E-state index is 11.5. The fourth-order valence-electron chi connectivity index (χ4n) is 1.81. The van der Waals surface area contributed by atoms with Gasteiger partial charge in [-0.15, -0.1) is 0 Å². The lowest BCUT2D eigenvalue weighted by Gasteiger charge is -2.19. The Morgan fingerprint density at radius 2 is 1.91 bits per heavy atom. The van der Waals surface area contributed by atoms with Crippen molar-refractivity contribution < 1.29 is 9.53 Å². The van der Waals surface area contributed by atoms with Gasteiger partial charge >= 0.3 is 6.09 Å². The van der Waals surface area contributed by atoms with Crippen LogP contribution < -0.4 is 10.6 Å². The Morgan fingerprint density at radius 1 is 1.26 bits per heavy atom. The largest absolute Gasteiger partial charge is 0.444 e. The topological polar surface area (TPSA) is 50.4 Å². The van der Waals surface area contributed by atoms with E-state index in [0.717, 1.165) is 24.2 Å². The van der Waals surface area contributed by atoms with Crippen LogP contribution in [-0.4, -0.2) is 24.8 Å². The van der Waals surface area contributed by atoms with Gasteiger partial charge in [-0.3, -0.25) is 0 Å². The van der Waals surface area contributed by atoms with Crippen LogP contribution in [0.4, 0.5) is 4.79 Å². The molecular formula is C19H32N2O2. The third-order valence-electron chi connectivity index (χ3n) is 2.86. The van der Waals surface area contributed by atoms with Crippen LogP contribution in [0.5, 0.6) is 0 Å². The second-order valence-electron chi connectivity index (χ2n) is 6.46. The minimum absolute atomic E-state index is 0.394. The van der Waals surface area contributed by atoms with Gasteiger partial charge in [-0.25, -0.2) is 4.79 Å². The number of hydrogen-bond donors (Lipinski definition) is 2. The molecule has 23 heavy (non-hydrogen) atoms. The minimum Gasteiger partial charge on any atom is -0.444 e. The molecule has 0 heterocycles. The molecule has 4 heteroatoms. The zero-order valence-electron chi connectivity index (χ0n) is 15.3. The Kier molecular flexibility index (Phi) is 9.79. The van der Waals surface area contributed by atoms with E-state index in [0.29, 0.717) is 13.0 Å². The monoisotopic (exact) mass is 320 g/mol. The Bertz CT molecular complexity index is 468. The average Bonchev–Trinajstić information content (AvgIpc) is 2.41. The number of allylic oxidation sites excluding steroid dienone is 4. The molecule has 0 bridgehead atoms. The lowest BCUT2D eigenvalue weighted by atomic mass is 10.1. The molecule has 0 saturated carbocycles. The SMILES string of the molecule is C=C/C=C(\CC)NC/C(C)=C/C(=C)CCNC(=O)OC(C)(C)C. The molecule has 2 N–H and O–H groups in total. The van der Waals surface area contributed by atoms with Gasteiger partial charge in [0.1, 0.15) is 5.60 Å². The summed E-state index contributed by atoms with van der Waals surface area (Å²) in [5.41, 5.74) is 2.85. The quantitative estimate of drug-likeness (QED) is 0.616. The van der Waals surface area contributed by atoms with Crippen molar-refractivity contribution in [2.24, 2.45) is 0 Å². The van der Waals surface area contributed by atoms with E-state index in [1.807, 2.05) is 32.9 Å². The standard InChI is InChI=1S/C19H32N2O2/c1-8-10-17(9-2)21-14-16(4)13-15(3)11-12-20-18(22)23-19(5,6)7/h8,10,13,21H,1,3,9,11-12,14H2,2,4-7H3,(H,20,22)/b16-13+,17-10+. The van der Waals surface area contributed by atoms with Crippen molar-refractivity contribution in [1.29, 1.82) is 0 Å². The van der Waals surface area contributed by atoms with Crippen molar-refractivity contribution in [3.8, 4) is 0 Å². The third-order valence-corrected chi connectivity index (χ3v) is 2.86. The summed E-state index contributed by atoms with van der Waals surface area (Å²) in [6, 6.07) is 0. The number of alkyl carbamates (subject to hydrolysis) is 1. The number of ether oxygens (including phenoxy) is 1. The molecule has 1 amide bonds. The molecule has 130 valence electrons. The van der Waals surface area contributed by atoms with Crippen LogP contribution in [0, 0.1) is 0 Å². The summed E-state index contributed by atoms with van der Waals surface area (Å²) < 4.78 is 5.18. The first kappa shape index (κ1) is 21.0. The Hall–Kier alpha value is -1.97. The summed E-state index contributed by atoms with van der Waals surface area (Å²) in [5, 5.41) is 6.10. The van der Waals surface area contributed by atoms with Crippen LogP contribution >= 0.6 is 0 Å². The van der Waals surface area contributed by atoms with E-state index in [4.69, 9.17) is 4.74 Å². The molecule has 0 aromatic heterocycles. The molecule has 0 spiro atoms. The molecule has 0 aliphatic carbocycles. The molecule has 0 aromatic carbocycles. The highest BCUT2D eigenvalue weighted by atomic mass is 16.6. The van der Waals surface area contributed by atoms with Crippen molar-refractivity contribution >= 4 is 6.09 Å². The van der Waals surface area contributed by atoms with Crippen molar-refractivity contribution in [3.05, 3.63) is 48.2 Å². The Balaban J connectivity index is 4.14. The van der Waals surface area contributed by atoms with Crippen LogP contribution in [0.2, 0.25) is 0 Å². The van der Waals surface area contributed by atoms with E-state index < -0.39 is 11.7 Å². The van der Waals surface area contributed by atoms with Crippen LogP contribution in [0.15, 0.2) is 48.2 Å². The highest BCUT2D eigenvalue weighted by Crippen LogP contribution is 2.07. The third kappa shape index (κ3) is 12.3. The van der Waals surface area contributed by atoms with E-state index >= 15 is 0 Å². The molecule has 0 aromatic rings. The number of amides is 1. The fourth-order valence-corrected chi connectivity index (χ4v) is 1.81. The average molecular weight is 320 g/mol. The number of rotatable bonds is 9. The van der Waals surface area contributed by atoms with E-state index in [1.165, 1.54) is 5.57 Å². The molecule has 0 rings (SSSR count). The fraction of sp³-hybridized carbons (Fsp3) is 0.526. The lowest BCUT2D eigenvalue weighted by Crippen LogP contribution is -2.33. The first-order valence-corrected chi connectivity index (χ1v) is 8.05. The normalized spacial score (nSPS) is 12.6. The van der Waals surface area contributed by atoms with Gasteiger partial charge in [-0.2, -0.15) is 0 Å². The number of carbonyl (C=O) groups excluding carboxylic acids is 1. The zero-order valence-corrected chi connectivity index (χ0v) is 15.3. The van der Waals surface area contributed by atoms with Crippen molar-refractivity contribution in [2.75, 3.05) is 13.1 Å². The summed E-state index contributed by atoms with van der Waals surface area (Å²) >= 11 is 0. The summed E-state index contributed by atoms with van der Waals surface area (Å²) in [6.07, 6.45) is 7.05. The molecule has 0 saturated heterocycles. The van der Waals surface area contributed by atoms with E-state index in [2.05, 4.69) is 37.6 Å². The van der Waals surface area contributed by atoms with Gasteiger partial charge in [0.05, 0.1) is 0 Å². The highest BCUT2D eigenvalue weighted by molar-refractivity contribution is 5.67. The molecule has 0 radical (unpaired) electrons. The Morgan fingerprint density at radius 3 is 2.43 bits per heavy atom. The van der Waals surface area contributed by atoms with Crippen LogP contribution in [0.25, 0.3) is 0 Å². The first-order chi connectivity index (χ1) is 10.7. The summed E-state index contributed by atoms with van der Waals surface area (Å²) in [4.78, 5) is 11.5. The van der Waals surface area contributed by atoms with Gasteiger partial charge in [-0.1, -0.05) is 43.4 Å². The lowest BCUT2D eigenvalue weighted by molar-refractivity contribution is 0.0528. The van der Waals surface area contributed by atoms with Gasteiger partial charge in [0, 0.05) is 18.8 Å². The van der Waals surface area contributed by atoms with Crippen molar-refractivity contribution in [3.63, 3.8) is 0 Å². The van der Waals surface area contributed by atoms with Gasteiger partial charge in [-0.05, 0) is 46.6 Å². The molecule has 0 aliphatic rings. The number of hydrogen-bond acceptors (Lipinski definition) is 3. The van der Waals surface area contributed by atoms with Gasteiger partial charge in [0.25, 0.3) is 0 Å². The molecule has 0 aliphatic heterocycles. The van der Waals surface area contributed by atoms with Crippen LogP contribution in [0.3, 0.4) is 0 Å². The van der Waals surface area contributed by atoms with Crippen molar-refractivity contribution in [1.82, 2.24) is 10.6 Å². The predicted molar refractivity (Wildman–Crippen MR) is 98.3 cm³/mol. The second-order valence-corrected chi connectivity index (χ2v) is 6.46. The number of nitrogens with one attached hydrogen (secondary N) is 2. The summed E-state index contributed by atoms with van der Waals surface area (Å²) in [5.74, 6) is 0. The Labute approximate surface area is 141 Å².